The smallest absolute Gasteiger partial charge is 0.150 e. The summed E-state index contributed by atoms with van der Waals surface area (Å²) in [5.74, 6) is 0. The summed E-state index contributed by atoms with van der Waals surface area (Å²) in [6.45, 7) is 0.151. The number of hydrogen-bond donors (Lipinski definition) is 1. The topological polar surface area (TPSA) is 37.3 Å². The summed E-state index contributed by atoms with van der Waals surface area (Å²) in [5.41, 5.74) is 1.60. The van der Waals surface area contributed by atoms with Crippen LogP contribution in [0, 0.1) is 0 Å². The Labute approximate surface area is 89.9 Å². The number of carbonyl (C=O) groups excluding carboxylic acids is 1. The first-order valence-electron chi connectivity index (χ1n) is 5.48. The Morgan fingerprint density at radius 1 is 1.27 bits per heavy atom. The van der Waals surface area contributed by atoms with Crippen LogP contribution >= 0.6 is 0 Å². The summed E-state index contributed by atoms with van der Waals surface area (Å²) in [5, 5.41) is 9.57. The second-order valence-electron chi connectivity index (χ2n) is 4.35. The molecule has 0 heterocycles. The highest BCUT2D eigenvalue weighted by atomic mass is 16.3. The van der Waals surface area contributed by atoms with Gasteiger partial charge in [-0.3, -0.25) is 4.79 Å². The van der Waals surface area contributed by atoms with Crippen molar-refractivity contribution in [3.8, 4) is 0 Å². The number of hydrogen-bond acceptors (Lipinski definition) is 2. The Morgan fingerprint density at radius 2 is 1.93 bits per heavy atom. The molecular weight excluding hydrogens is 188 g/mol. The molecule has 0 saturated heterocycles. The predicted molar refractivity (Wildman–Crippen MR) is 59.1 cm³/mol. The molecule has 2 heteroatoms. The Bertz CT molecular complexity index is 351. The number of aliphatic hydroxyl groups is 1. The fourth-order valence-corrected chi connectivity index (χ4v) is 2.65. The molecule has 0 amide bonds. The molecule has 0 bridgehead atoms. The van der Waals surface area contributed by atoms with Crippen LogP contribution in [0.5, 0.6) is 0 Å². The van der Waals surface area contributed by atoms with Crippen LogP contribution in [0.25, 0.3) is 0 Å². The highest BCUT2D eigenvalue weighted by Gasteiger charge is 2.36. The van der Waals surface area contributed by atoms with E-state index in [-0.39, 0.29) is 12.0 Å². The molecule has 2 rings (SSSR count). The molecule has 0 radical (unpaired) electrons. The summed E-state index contributed by atoms with van der Waals surface area (Å²) >= 11 is 0. The number of carbonyl (C=O) groups is 1. The zero-order valence-corrected chi connectivity index (χ0v) is 8.78. The summed E-state index contributed by atoms with van der Waals surface area (Å²) in [6, 6.07) is 7.62. The van der Waals surface area contributed by atoms with Crippen LogP contribution < -0.4 is 0 Å². The number of aldehydes is 1. The van der Waals surface area contributed by atoms with Crippen LogP contribution in [0.1, 0.15) is 41.6 Å². The lowest BCUT2D eigenvalue weighted by Crippen LogP contribution is -2.28. The van der Waals surface area contributed by atoms with Gasteiger partial charge in [-0.2, -0.15) is 0 Å². The maximum Gasteiger partial charge on any atom is 0.150 e. The summed E-state index contributed by atoms with van der Waals surface area (Å²) in [6.07, 6.45) is 5.18. The van der Waals surface area contributed by atoms with Crippen LogP contribution in [0.4, 0.5) is 0 Å². The van der Waals surface area contributed by atoms with Crippen molar-refractivity contribution in [3.05, 3.63) is 35.4 Å². The summed E-state index contributed by atoms with van der Waals surface area (Å²) in [7, 11) is 0. The van der Waals surface area contributed by atoms with Gasteiger partial charge in [0.15, 0.2) is 0 Å². The molecule has 1 aromatic carbocycles. The third-order valence-corrected chi connectivity index (χ3v) is 3.52. The molecule has 0 unspecified atom stereocenters. The standard InChI is InChI=1S/C13H16O2/c14-9-11-5-1-2-6-12(11)13(10-15)7-3-4-8-13/h1-2,5-6,9,15H,3-4,7-8,10H2. The molecule has 0 aliphatic heterocycles. The molecule has 1 aromatic rings. The predicted octanol–water partition coefficient (Wildman–Crippen LogP) is 2.30. The SMILES string of the molecule is O=Cc1ccccc1C1(CO)CCCC1. The van der Waals surface area contributed by atoms with Gasteiger partial charge in [-0.1, -0.05) is 37.1 Å². The summed E-state index contributed by atoms with van der Waals surface area (Å²) in [4.78, 5) is 11.0. The van der Waals surface area contributed by atoms with E-state index in [0.717, 1.165) is 43.1 Å². The summed E-state index contributed by atoms with van der Waals surface area (Å²) < 4.78 is 0. The minimum atomic E-state index is -0.155. The zero-order chi connectivity index (χ0) is 10.7. The molecule has 0 atom stereocenters. The van der Waals surface area contributed by atoms with Crippen molar-refractivity contribution in [3.63, 3.8) is 0 Å². The quantitative estimate of drug-likeness (QED) is 0.767. The molecule has 1 aliphatic rings. The van der Waals surface area contributed by atoms with Gasteiger partial charge in [-0.15, -0.1) is 0 Å². The molecule has 1 N–H and O–H groups in total. The largest absolute Gasteiger partial charge is 0.395 e. The van der Waals surface area contributed by atoms with E-state index in [1.807, 2.05) is 24.3 Å². The molecule has 2 nitrogen and oxygen atoms in total. The van der Waals surface area contributed by atoms with Gasteiger partial charge >= 0.3 is 0 Å². The van der Waals surface area contributed by atoms with E-state index in [1.165, 1.54) is 0 Å². The molecule has 0 aromatic heterocycles. The van der Waals surface area contributed by atoms with Gasteiger partial charge in [-0.05, 0) is 18.4 Å². The van der Waals surface area contributed by atoms with Crippen molar-refractivity contribution < 1.29 is 9.90 Å². The number of rotatable bonds is 3. The van der Waals surface area contributed by atoms with Gasteiger partial charge in [-0.25, -0.2) is 0 Å². The Morgan fingerprint density at radius 3 is 2.53 bits per heavy atom. The van der Waals surface area contributed by atoms with E-state index in [9.17, 15) is 9.90 Å². The van der Waals surface area contributed by atoms with E-state index in [1.54, 1.807) is 0 Å². The number of benzene rings is 1. The average molecular weight is 204 g/mol. The molecule has 15 heavy (non-hydrogen) atoms. The van der Waals surface area contributed by atoms with Gasteiger partial charge < -0.3 is 5.11 Å². The second kappa shape index (κ2) is 4.15. The van der Waals surface area contributed by atoms with Gasteiger partial charge in [0.05, 0.1) is 6.61 Å². The van der Waals surface area contributed by atoms with E-state index < -0.39 is 0 Å². The van der Waals surface area contributed by atoms with Crippen molar-refractivity contribution in [1.29, 1.82) is 0 Å². The molecule has 80 valence electrons. The van der Waals surface area contributed by atoms with Crippen LogP contribution in [0.3, 0.4) is 0 Å². The third kappa shape index (κ3) is 1.70. The van der Waals surface area contributed by atoms with Crippen LogP contribution in [-0.2, 0) is 5.41 Å². The third-order valence-electron chi connectivity index (χ3n) is 3.52. The molecular formula is C13H16O2. The Balaban J connectivity index is 2.46. The van der Waals surface area contributed by atoms with Crippen LogP contribution in [0.15, 0.2) is 24.3 Å². The van der Waals surface area contributed by atoms with Gasteiger partial charge in [0, 0.05) is 11.0 Å². The van der Waals surface area contributed by atoms with Crippen molar-refractivity contribution in [2.45, 2.75) is 31.1 Å². The van der Waals surface area contributed by atoms with E-state index in [0.29, 0.717) is 0 Å². The van der Waals surface area contributed by atoms with Crippen molar-refractivity contribution in [2.24, 2.45) is 0 Å². The molecule has 0 spiro atoms. The molecule has 1 saturated carbocycles. The van der Waals surface area contributed by atoms with Crippen molar-refractivity contribution in [1.82, 2.24) is 0 Å². The minimum absolute atomic E-state index is 0.151. The number of aliphatic hydroxyl groups excluding tert-OH is 1. The van der Waals surface area contributed by atoms with Crippen LogP contribution in [0.2, 0.25) is 0 Å². The van der Waals surface area contributed by atoms with E-state index >= 15 is 0 Å². The second-order valence-corrected chi connectivity index (χ2v) is 4.35. The molecule has 1 aliphatic carbocycles. The van der Waals surface area contributed by atoms with Gasteiger partial charge in [0.1, 0.15) is 6.29 Å². The first-order chi connectivity index (χ1) is 7.32. The van der Waals surface area contributed by atoms with Crippen molar-refractivity contribution >= 4 is 6.29 Å². The monoisotopic (exact) mass is 204 g/mol. The zero-order valence-electron chi connectivity index (χ0n) is 8.78. The fraction of sp³-hybridized carbons (Fsp3) is 0.462. The highest BCUT2D eigenvalue weighted by Crippen LogP contribution is 2.41. The fourth-order valence-electron chi connectivity index (χ4n) is 2.65. The lowest BCUT2D eigenvalue weighted by atomic mass is 9.77. The van der Waals surface area contributed by atoms with Crippen molar-refractivity contribution in [2.75, 3.05) is 6.61 Å². The van der Waals surface area contributed by atoms with Crippen LogP contribution in [-0.4, -0.2) is 18.0 Å². The highest BCUT2D eigenvalue weighted by molar-refractivity contribution is 5.78. The average Bonchev–Trinajstić information content (AvgIpc) is 2.79. The first kappa shape index (κ1) is 10.4. The molecule has 1 fully saturated rings. The lowest BCUT2D eigenvalue weighted by Gasteiger charge is -2.28. The maximum absolute atomic E-state index is 11.0. The Kier molecular flexibility index (Phi) is 2.87. The Hall–Kier alpha value is -1.15. The van der Waals surface area contributed by atoms with Gasteiger partial charge in [0.25, 0.3) is 0 Å². The normalized spacial score (nSPS) is 19.0. The van der Waals surface area contributed by atoms with Gasteiger partial charge in [0.2, 0.25) is 0 Å². The van der Waals surface area contributed by atoms with E-state index in [2.05, 4.69) is 0 Å². The maximum atomic E-state index is 11.0. The lowest BCUT2D eigenvalue weighted by molar-refractivity contribution is 0.111. The first-order valence-corrected chi connectivity index (χ1v) is 5.48. The minimum Gasteiger partial charge on any atom is -0.395 e. The van der Waals surface area contributed by atoms with E-state index in [4.69, 9.17) is 0 Å².